The molecule has 0 N–H and O–H groups in total. The highest BCUT2D eigenvalue weighted by atomic mass is 35.5. The van der Waals surface area contributed by atoms with Gasteiger partial charge >= 0.3 is 5.97 Å². The first-order valence-electron chi connectivity index (χ1n) is 8.20. The SMILES string of the molecule is COC(=O)C(Cc1ccccc1)(c1ccc(Cl)cc1)c1cccc(Cl)c1. The Morgan fingerprint density at radius 3 is 2.15 bits per heavy atom. The Hall–Kier alpha value is -2.29. The van der Waals surface area contributed by atoms with Gasteiger partial charge in [-0.1, -0.05) is 77.8 Å². The van der Waals surface area contributed by atoms with Gasteiger partial charge in [0, 0.05) is 10.0 Å². The van der Waals surface area contributed by atoms with Gasteiger partial charge in [-0.3, -0.25) is 4.79 Å². The van der Waals surface area contributed by atoms with E-state index in [9.17, 15) is 4.79 Å². The van der Waals surface area contributed by atoms with Crippen molar-refractivity contribution in [3.05, 3.63) is 106 Å². The van der Waals surface area contributed by atoms with E-state index in [0.717, 1.165) is 16.7 Å². The fraction of sp³-hybridized carbons (Fsp3) is 0.136. The predicted octanol–water partition coefficient (Wildman–Crippen LogP) is 5.70. The van der Waals surface area contributed by atoms with E-state index in [-0.39, 0.29) is 5.97 Å². The Morgan fingerprint density at radius 2 is 1.54 bits per heavy atom. The van der Waals surface area contributed by atoms with Crippen molar-refractivity contribution in [2.45, 2.75) is 11.8 Å². The molecule has 0 spiro atoms. The number of rotatable bonds is 5. The Labute approximate surface area is 163 Å². The summed E-state index contributed by atoms with van der Waals surface area (Å²) in [5.41, 5.74) is 1.58. The maximum atomic E-state index is 13.1. The normalized spacial score (nSPS) is 13.0. The van der Waals surface area contributed by atoms with E-state index in [1.54, 1.807) is 18.2 Å². The van der Waals surface area contributed by atoms with Crippen molar-refractivity contribution in [1.29, 1.82) is 0 Å². The first-order chi connectivity index (χ1) is 12.6. The molecule has 0 aliphatic rings. The number of benzene rings is 3. The van der Waals surface area contributed by atoms with Crippen molar-refractivity contribution in [2.75, 3.05) is 7.11 Å². The number of halogens is 2. The number of carbonyl (C=O) groups excluding carboxylic acids is 1. The summed E-state index contributed by atoms with van der Waals surface area (Å²) in [6.45, 7) is 0. The van der Waals surface area contributed by atoms with E-state index in [2.05, 4.69) is 0 Å². The molecule has 0 fully saturated rings. The van der Waals surface area contributed by atoms with E-state index in [1.165, 1.54) is 7.11 Å². The zero-order valence-corrected chi connectivity index (χ0v) is 15.8. The van der Waals surface area contributed by atoms with Gasteiger partial charge in [0.05, 0.1) is 7.11 Å². The third kappa shape index (κ3) is 3.62. The van der Waals surface area contributed by atoms with Gasteiger partial charge in [0.15, 0.2) is 0 Å². The largest absolute Gasteiger partial charge is 0.468 e. The molecule has 2 nitrogen and oxygen atoms in total. The van der Waals surface area contributed by atoms with Gasteiger partial charge in [-0.05, 0) is 47.4 Å². The third-order valence-corrected chi connectivity index (χ3v) is 4.99. The molecule has 132 valence electrons. The van der Waals surface area contributed by atoms with Crippen molar-refractivity contribution < 1.29 is 9.53 Å². The molecule has 0 amide bonds. The smallest absolute Gasteiger partial charge is 0.321 e. The van der Waals surface area contributed by atoms with Crippen LogP contribution in [0.25, 0.3) is 0 Å². The fourth-order valence-electron chi connectivity index (χ4n) is 3.24. The van der Waals surface area contributed by atoms with E-state index in [0.29, 0.717) is 16.5 Å². The third-order valence-electron chi connectivity index (χ3n) is 4.50. The van der Waals surface area contributed by atoms with Crippen LogP contribution >= 0.6 is 23.2 Å². The lowest BCUT2D eigenvalue weighted by Gasteiger charge is -2.32. The average Bonchev–Trinajstić information content (AvgIpc) is 2.67. The van der Waals surface area contributed by atoms with Gasteiger partial charge in [0.25, 0.3) is 0 Å². The maximum Gasteiger partial charge on any atom is 0.321 e. The first-order valence-corrected chi connectivity index (χ1v) is 8.96. The zero-order valence-electron chi connectivity index (χ0n) is 14.3. The van der Waals surface area contributed by atoms with E-state index in [4.69, 9.17) is 27.9 Å². The molecule has 1 unspecified atom stereocenters. The van der Waals surface area contributed by atoms with Gasteiger partial charge in [0.1, 0.15) is 5.41 Å². The van der Waals surface area contributed by atoms with Crippen LogP contribution in [0.3, 0.4) is 0 Å². The molecule has 3 aromatic carbocycles. The molecule has 0 saturated heterocycles. The molecular weight excluding hydrogens is 367 g/mol. The van der Waals surface area contributed by atoms with Gasteiger partial charge in [-0.15, -0.1) is 0 Å². The minimum Gasteiger partial charge on any atom is -0.468 e. The fourth-order valence-corrected chi connectivity index (χ4v) is 3.56. The van der Waals surface area contributed by atoms with Crippen LogP contribution in [0.1, 0.15) is 16.7 Å². The Balaban J connectivity index is 2.26. The Kier molecular flexibility index (Phi) is 5.65. The number of ether oxygens (including phenoxy) is 1. The summed E-state index contributed by atoms with van der Waals surface area (Å²) < 4.78 is 5.25. The Bertz CT molecular complexity index is 892. The number of carbonyl (C=O) groups is 1. The van der Waals surface area contributed by atoms with E-state index >= 15 is 0 Å². The minimum absolute atomic E-state index is 0.342. The molecule has 26 heavy (non-hydrogen) atoms. The first kappa shape index (κ1) is 18.5. The lowest BCUT2D eigenvalue weighted by Crippen LogP contribution is -2.40. The van der Waals surface area contributed by atoms with Gasteiger partial charge < -0.3 is 4.74 Å². The van der Waals surface area contributed by atoms with Crippen LogP contribution in [-0.2, 0) is 21.4 Å². The molecule has 3 aromatic rings. The molecule has 0 heterocycles. The zero-order chi connectivity index (χ0) is 18.6. The molecule has 1 atom stereocenters. The minimum atomic E-state index is -1.02. The van der Waals surface area contributed by atoms with Crippen LogP contribution in [0.2, 0.25) is 10.0 Å². The molecule has 4 heteroatoms. The summed E-state index contributed by atoms with van der Waals surface area (Å²) in [5.74, 6) is -0.342. The van der Waals surface area contributed by atoms with Crippen LogP contribution in [-0.4, -0.2) is 13.1 Å². The second-order valence-corrected chi connectivity index (χ2v) is 6.95. The topological polar surface area (TPSA) is 26.3 Å². The summed E-state index contributed by atoms with van der Waals surface area (Å²) in [5, 5.41) is 1.18. The monoisotopic (exact) mass is 384 g/mol. The highest BCUT2D eigenvalue weighted by Gasteiger charge is 2.43. The molecule has 0 aromatic heterocycles. The average molecular weight is 385 g/mol. The summed E-state index contributed by atoms with van der Waals surface area (Å²) in [6.07, 6.45) is 0.447. The lowest BCUT2D eigenvalue weighted by molar-refractivity contribution is -0.145. The number of esters is 1. The van der Waals surface area contributed by atoms with Gasteiger partial charge in [-0.2, -0.15) is 0 Å². The standard InChI is InChI=1S/C22H18Cl2O2/c1-26-21(25)22(15-16-6-3-2-4-7-16,17-10-12-19(23)13-11-17)18-8-5-9-20(24)14-18/h2-14H,15H2,1H3. The van der Waals surface area contributed by atoms with E-state index < -0.39 is 5.41 Å². The summed E-state index contributed by atoms with van der Waals surface area (Å²) in [7, 11) is 1.41. The second kappa shape index (κ2) is 7.94. The maximum absolute atomic E-state index is 13.1. The van der Waals surface area contributed by atoms with Crippen LogP contribution in [0.4, 0.5) is 0 Å². The molecule has 0 radical (unpaired) electrons. The molecule has 0 aliphatic carbocycles. The number of hydrogen-bond acceptors (Lipinski definition) is 2. The molecule has 0 saturated carbocycles. The highest BCUT2D eigenvalue weighted by molar-refractivity contribution is 6.31. The van der Waals surface area contributed by atoms with E-state index in [1.807, 2.05) is 60.7 Å². The summed E-state index contributed by atoms with van der Waals surface area (Å²) >= 11 is 12.3. The Morgan fingerprint density at radius 1 is 0.846 bits per heavy atom. The quantitative estimate of drug-likeness (QED) is 0.527. The number of methoxy groups -OCH3 is 1. The summed E-state index contributed by atoms with van der Waals surface area (Å²) in [4.78, 5) is 13.1. The van der Waals surface area contributed by atoms with Gasteiger partial charge in [-0.25, -0.2) is 0 Å². The second-order valence-electron chi connectivity index (χ2n) is 6.08. The molecule has 3 rings (SSSR count). The lowest BCUT2D eigenvalue weighted by atomic mass is 9.70. The van der Waals surface area contributed by atoms with Crippen LogP contribution in [0, 0.1) is 0 Å². The van der Waals surface area contributed by atoms with Gasteiger partial charge in [0.2, 0.25) is 0 Å². The van der Waals surface area contributed by atoms with Crippen molar-refractivity contribution in [3.8, 4) is 0 Å². The number of hydrogen-bond donors (Lipinski definition) is 0. The van der Waals surface area contributed by atoms with Crippen LogP contribution in [0.15, 0.2) is 78.9 Å². The van der Waals surface area contributed by atoms with Crippen molar-refractivity contribution in [3.63, 3.8) is 0 Å². The van der Waals surface area contributed by atoms with Crippen molar-refractivity contribution in [1.82, 2.24) is 0 Å². The van der Waals surface area contributed by atoms with Crippen molar-refractivity contribution >= 4 is 29.2 Å². The van der Waals surface area contributed by atoms with Crippen LogP contribution < -0.4 is 0 Å². The molecule has 0 bridgehead atoms. The predicted molar refractivity (Wildman–Crippen MR) is 106 cm³/mol. The highest BCUT2D eigenvalue weighted by Crippen LogP contribution is 2.38. The molecular formula is C22H18Cl2O2. The van der Waals surface area contributed by atoms with Crippen molar-refractivity contribution in [2.24, 2.45) is 0 Å². The summed E-state index contributed by atoms with van der Waals surface area (Å²) in [6, 6.07) is 24.5. The van der Waals surface area contributed by atoms with Crippen LogP contribution in [0.5, 0.6) is 0 Å². The molecule has 0 aliphatic heterocycles.